The summed E-state index contributed by atoms with van der Waals surface area (Å²) in [5, 5.41) is 6.27. The largest absolute Gasteiger partial charge is 0.342 e. The van der Waals surface area contributed by atoms with Crippen LogP contribution in [-0.2, 0) is 16.1 Å². The monoisotopic (exact) mass is 324 g/mol. The average Bonchev–Trinajstić information content (AvgIpc) is 2.61. The number of hydrogen-bond donors (Lipinski definition) is 2. The maximum Gasteiger partial charge on any atom is 0.329 e. The molecule has 0 saturated heterocycles. The minimum absolute atomic E-state index is 0.188. The number of rotatable bonds is 5. The Morgan fingerprint density at radius 3 is 2.50 bits per heavy atom. The van der Waals surface area contributed by atoms with Crippen LogP contribution in [0.5, 0.6) is 0 Å². The van der Waals surface area contributed by atoms with Crippen LogP contribution in [0.3, 0.4) is 0 Å². The third-order valence-electron chi connectivity index (χ3n) is 3.35. The van der Waals surface area contributed by atoms with Gasteiger partial charge in [-0.3, -0.25) is 14.6 Å². The molecule has 1 aromatic carbocycles. The molecule has 0 atom stereocenters. The van der Waals surface area contributed by atoms with Crippen molar-refractivity contribution in [3.05, 3.63) is 65.5 Å². The second kappa shape index (κ2) is 8.57. The Kier molecular flexibility index (Phi) is 6.19. The van der Waals surface area contributed by atoms with Gasteiger partial charge in [-0.1, -0.05) is 44.2 Å². The number of carbonyl (C=O) groups excluding carboxylic acids is 2. The Labute approximate surface area is 141 Å². The van der Waals surface area contributed by atoms with E-state index in [0.29, 0.717) is 11.6 Å². The molecule has 6 nitrogen and oxygen atoms in total. The van der Waals surface area contributed by atoms with E-state index in [2.05, 4.69) is 34.7 Å². The molecule has 0 spiro atoms. The summed E-state index contributed by atoms with van der Waals surface area (Å²) in [4.78, 5) is 27.3. The fourth-order valence-electron chi connectivity index (χ4n) is 1.94. The van der Waals surface area contributed by atoms with Crippen LogP contribution in [-0.4, -0.2) is 23.0 Å². The normalized spacial score (nSPS) is 10.8. The molecular weight excluding hydrogens is 304 g/mol. The molecule has 1 heterocycles. The van der Waals surface area contributed by atoms with E-state index in [0.717, 1.165) is 5.56 Å². The molecule has 0 unspecified atom stereocenters. The number of amides is 2. The summed E-state index contributed by atoms with van der Waals surface area (Å²) in [7, 11) is 0. The lowest BCUT2D eigenvalue weighted by Crippen LogP contribution is -2.37. The molecule has 2 N–H and O–H groups in total. The van der Waals surface area contributed by atoms with Gasteiger partial charge in [0.2, 0.25) is 0 Å². The number of hydrogen-bond acceptors (Lipinski definition) is 4. The van der Waals surface area contributed by atoms with Gasteiger partial charge in [0.05, 0.1) is 18.5 Å². The number of benzene rings is 1. The maximum absolute atomic E-state index is 11.7. The van der Waals surface area contributed by atoms with E-state index in [1.54, 1.807) is 18.3 Å². The average molecular weight is 324 g/mol. The van der Waals surface area contributed by atoms with Crippen LogP contribution in [0.1, 0.15) is 36.6 Å². The van der Waals surface area contributed by atoms with Crippen LogP contribution in [0.25, 0.3) is 0 Å². The number of carbonyl (C=O) groups is 2. The summed E-state index contributed by atoms with van der Waals surface area (Å²) in [6.07, 6.45) is 3.12. The lowest BCUT2D eigenvalue weighted by molar-refractivity contribution is -0.139. The van der Waals surface area contributed by atoms with Gasteiger partial charge in [-0.05, 0) is 29.2 Å². The molecule has 0 saturated carbocycles. The molecule has 0 aliphatic rings. The zero-order chi connectivity index (χ0) is 17.4. The predicted molar refractivity (Wildman–Crippen MR) is 92.4 cm³/mol. The van der Waals surface area contributed by atoms with Crippen LogP contribution < -0.4 is 10.7 Å². The quantitative estimate of drug-likeness (QED) is 0.501. The topological polar surface area (TPSA) is 83.5 Å². The van der Waals surface area contributed by atoms with Gasteiger partial charge >= 0.3 is 11.8 Å². The molecule has 124 valence electrons. The Morgan fingerprint density at radius 2 is 1.88 bits per heavy atom. The summed E-state index contributed by atoms with van der Waals surface area (Å²) >= 11 is 0. The highest BCUT2D eigenvalue weighted by molar-refractivity contribution is 6.35. The van der Waals surface area contributed by atoms with Crippen molar-refractivity contribution in [3.8, 4) is 0 Å². The summed E-state index contributed by atoms with van der Waals surface area (Å²) in [5.41, 5.74) is 4.94. The highest BCUT2D eigenvalue weighted by Gasteiger charge is 2.11. The third-order valence-corrected chi connectivity index (χ3v) is 3.35. The zero-order valence-corrected chi connectivity index (χ0v) is 13.7. The molecule has 0 bridgehead atoms. The van der Waals surface area contributed by atoms with Crippen molar-refractivity contribution < 1.29 is 9.59 Å². The molecule has 0 fully saturated rings. The minimum Gasteiger partial charge on any atom is -0.342 e. The standard InChI is InChI=1S/C18H20N4O2/c1-13(2)15-8-6-14(7-9-15)11-21-22-18(24)17(23)20-12-16-5-3-4-10-19-16/h3-11,13H,12H2,1-2H3,(H,20,23)(H,22,24)/b21-11-. The van der Waals surface area contributed by atoms with E-state index in [4.69, 9.17) is 0 Å². The highest BCUT2D eigenvalue weighted by Crippen LogP contribution is 2.13. The van der Waals surface area contributed by atoms with Crippen LogP contribution in [0, 0.1) is 0 Å². The lowest BCUT2D eigenvalue weighted by Gasteiger charge is -2.04. The van der Waals surface area contributed by atoms with E-state index in [-0.39, 0.29) is 6.54 Å². The second-order valence-corrected chi connectivity index (χ2v) is 5.52. The van der Waals surface area contributed by atoms with Crippen molar-refractivity contribution in [3.63, 3.8) is 0 Å². The van der Waals surface area contributed by atoms with Gasteiger partial charge in [0.25, 0.3) is 0 Å². The van der Waals surface area contributed by atoms with Gasteiger partial charge in [-0.2, -0.15) is 5.10 Å². The Hall–Kier alpha value is -3.02. The van der Waals surface area contributed by atoms with Crippen molar-refractivity contribution in [2.75, 3.05) is 0 Å². The van der Waals surface area contributed by atoms with Crippen molar-refractivity contribution in [1.29, 1.82) is 0 Å². The number of nitrogens with one attached hydrogen (secondary N) is 2. The van der Waals surface area contributed by atoms with Crippen molar-refractivity contribution in [2.45, 2.75) is 26.3 Å². The first-order chi connectivity index (χ1) is 11.6. The molecular formula is C18H20N4O2. The Bertz CT molecular complexity index is 710. The summed E-state index contributed by atoms with van der Waals surface area (Å²) in [6, 6.07) is 13.2. The van der Waals surface area contributed by atoms with Gasteiger partial charge in [0.1, 0.15) is 0 Å². The number of hydrazone groups is 1. The first-order valence-corrected chi connectivity index (χ1v) is 7.67. The van der Waals surface area contributed by atoms with E-state index >= 15 is 0 Å². The fraction of sp³-hybridized carbons (Fsp3) is 0.222. The Balaban J connectivity index is 1.80. The predicted octanol–water partition coefficient (Wildman–Crippen LogP) is 1.97. The lowest BCUT2D eigenvalue weighted by atomic mass is 10.0. The molecule has 2 amide bonds. The molecule has 0 aliphatic heterocycles. The summed E-state index contributed by atoms with van der Waals surface area (Å²) < 4.78 is 0. The fourth-order valence-corrected chi connectivity index (χ4v) is 1.94. The molecule has 6 heteroatoms. The first-order valence-electron chi connectivity index (χ1n) is 7.67. The Morgan fingerprint density at radius 1 is 1.12 bits per heavy atom. The van der Waals surface area contributed by atoms with Crippen LogP contribution in [0.15, 0.2) is 53.8 Å². The molecule has 0 radical (unpaired) electrons. The van der Waals surface area contributed by atoms with Crippen molar-refractivity contribution in [2.24, 2.45) is 5.10 Å². The van der Waals surface area contributed by atoms with Crippen molar-refractivity contribution >= 4 is 18.0 Å². The SMILES string of the molecule is CC(C)c1ccc(/C=N\NC(=O)C(=O)NCc2ccccn2)cc1. The first kappa shape index (κ1) is 17.3. The summed E-state index contributed by atoms with van der Waals surface area (Å²) in [5.74, 6) is -1.12. The maximum atomic E-state index is 11.7. The van der Waals surface area contributed by atoms with Gasteiger partial charge in [-0.25, -0.2) is 5.43 Å². The molecule has 2 aromatic rings. The molecule has 24 heavy (non-hydrogen) atoms. The zero-order valence-electron chi connectivity index (χ0n) is 13.7. The molecule has 0 aliphatic carbocycles. The second-order valence-electron chi connectivity index (χ2n) is 5.52. The van der Waals surface area contributed by atoms with Gasteiger partial charge in [0, 0.05) is 6.20 Å². The number of nitrogens with zero attached hydrogens (tertiary/aromatic N) is 2. The minimum atomic E-state index is -0.819. The van der Waals surface area contributed by atoms with E-state index in [1.807, 2.05) is 30.3 Å². The van der Waals surface area contributed by atoms with Gasteiger partial charge in [0.15, 0.2) is 0 Å². The third kappa shape index (κ3) is 5.31. The van der Waals surface area contributed by atoms with Gasteiger partial charge < -0.3 is 5.32 Å². The van der Waals surface area contributed by atoms with E-state index < -0.39 is 11.8 Å². The molecule has 1 aromatic heterocycles. The number of aromatic nitrogens is 1. The van der Waals surface area contributed by atoms with E-state index in [9.17, 15) is 9.59 Å². The highest BCUT2D eigenvalue weighted by atomic mass is 16.2. The molecule has 2 rings (SSSR count). The van der Waals surface area contributed by atoms with Crippen LogP contribution in [0.4, 0.5) is 0 Å². The van der Waals surface area contributed by atoms with E-state index in [1.165, 1.54) is 11.8 Å². The smallest absolute Gasteiger partial charge is 0.329 e. The van der Waals surface area contributed by atoms with Gasteiger partial charge in [-0.15, -0.1) is 0 Å². The van der Waals surface area contributed by atoms with Crippen LogP contribution in [0.2, 0.25) is 0 Å². The number of pyridine rings is 1. The summed E-state index contributed by atoms with van der Waals surface area (Å²) in [6.45, 7) is 4.42. The van der Waals surface area contributed by atoms with Crippen LogP contribution >= 0.6 is 0 Å². The van der Waals surface area contributed by atoms with Crippen molar-refractivity contribution in [1.82, 2.24) is 15.7 Å².